The third-order valence-electron chi connectivity index (χ3n) is 3.28. The molecule has 2 fully saturated rings. The summed E-state index contributed by atoms with van der Waals surface area (Å²) in [6.45, 7) is 11.4. The van der Waals surface area contributed by atoms with Gasteiger partial charge in [0.15, 0.2) is 8.32 Å². The summed E-state index contributed by atoms with van der Waals surface area (Å²) in [5, 5.41) is 0. The topological polar surface area (TPSA) is 27.7 Å². The minimum absolute atomic E-state index is 0.0321. The van der Waals surface area contributed by atoms with Gasteiger partial charge in [0.2, 0.25) is 0 Å². The van der Waals surface area contributed by atoms with Crippen molar-refractivity contribution >= 4 is 8.32 Å². The normalized spacial score (nSPS) is 38.5. The third kappa shape index (κ3) is 3.41. The van der Waals surface area contributed by atoms with E-state index in [-0.39, 0.29) is 24.4 Å². The fourth-order valence-electron chi connectivity index (χ4n) is 2.62. The van der Waals surface area contributed by atoms with Crippen LogP contribution in [0.3, 0.4) is 0 Å². The molecule has 0 aromatic rings. The smallest absolute Gasteiger partial charge is 0.184 e. The second kappa shape index (κ2) is 5.22. The van der Waals surface area contributed by atoms with E-state index < -0.39 is 8.32 Å². The lowest BCUT2D eigenvalue weighted by Crippen LogP contribution is -2.52. The lowest BCUT2D eigenvalue weighted by Gasteiger charge is -2.44. The fourth-order valence-corrected chi connectivity index (χ4v) is 3.76. The van der Waals surface area contributed by atoms with Crippen LogP contribution in [-0.2, 0) is 13.9 Å². The maximum atomic E-state index is 6.19. The van der Waals surface area contributed by atoms with E-state index in [0.29, 0.717) is 0 Å². The summed E-state index contributed by atoms with van der Waals surface area (Å²) in [5.41, 5.74) is 0. The van der Waals surface area contributed by atoms with Gasteiger partial charge in [-0.25, -0.2) is 0 Å². The summed E-state index contributed by atoms with van der Waals surface area (Å²) >= 11 is 0. The molecular formula is C13H24O3Si. The highest BCUT2D eigenvalue weighted by molar-refractivity contribution is 6.69. The van der Waals surface area contributed by atoms with Crippen LogP contribution in [0.25, 0.3) is 0 Å². The molecular weight excluding hydrogens is 232 g/mol. The van der Waals surface area contributed by atoms with Crippen molar-refractivity contribution in [3.8, 4) is 0 Å². The molecule has 2 rings (SSSR count). The van der Waals surface area contributed by atoms with Gasteiger partial charge in [-0.1, -0.05) is 6.08 Å². The van der Waals surface area contributed by atoms with Crippen molar-refractivity contribution < 1.29 is 13.9 Å². The summed E-state index contributed by atoms with van der Waals surface area (Å²) in [6, 6.07) is 0. The summed E-state index contributed by atoms with van der Waals surface area (Å²) < 4.78 is 18.0. The van der Waals surface area contributed by atoms with E-state index in [1.54, 1.807) is 0 Å². The number of hydrogen-bond donors (Lipinski definition) is 0. The van der Waals surface area contributed by atoms with E-state index in [0.717, 1.165) is 25.9 Å². The lowest BCUT2D eigenvalue weighted by molar-refractivity contribution is -0.184. The van der Waals surface area contributed by atoms with Gasteiger partial charge < -0.3 is 13.9 Å². The first-order chi connectivity index (χ1) is 7.99. The molecule has 0 aromatic carbocycles. The van der Waals surface area contributed by atoms with Gasteiger partial charge in [0.05, 0.1) is 18.3 Å². The van der Waals surface area contributed by atoms with E-state index in [1.165, 1.54) is 0 Å². The molecule has 2 aliphatic rings. The molecule has 4 atom stereocenters. The van der Waals surface area contributed by atoms with E-state index >= 15 is 0 Å². The number of rotatable bonds is 3. The van der Waals surface area contributed by atoms with Crippen molar-refractivity contribution in [3.63, 3.8) is 0 Å². The quantitative estimate of drug-likeness (QED) is 0.574. The molecule has 98 valence electrons. The second-order valence-corrected chi connectivity index (χ2v) is 10.4. The highest BCUT2D eigenvalue weighted by Crippen LogP contribution is 2.32. The summed E-state index contributed by atoms with van der Waals surface area (Å²) in [4.78, 5) is 0. The van der Waals surface area contributed by atoms with Crippen LogP contribution in [0.15, 0.2) is 12.7 Å². The molecule has 0 spiro atoms. The third-order valence-corrected chi connectivity index (χ3v) is 4.29. The van der Waals surface area contributed by atoms with Crippen molar-refractivity contribution in [1.82, 2.24) is 0 Å². The Labute approximate surface area is 105 Å². The average molecular weight is 256 g/mol. The van der Waals surface area contributed by atoms with Crippen LogP contribution in [0.1, 0.15) is 19.3 Å². The molecule has 17 heavy (non-hydrogen) atoms. The zero-order valence-electron chi connectivity index (χ0n) is 11.1. The van der Waals surface area contributed by atoms with Crippen molar-refractivity contribution in [1.29, 1.82) is 0 Å². The molecule has 0 saturated carbocycles. The Bertz CT molecular complexity index is 274. The highest BCUT2D eigenvalue weighted by Gasteiger charge is 2.40. The Morgan fingerprint density at radius 3 is 2.71 bits per heavy atom. The molecule has 2 aliphatic heterocycles. The van der Waals surface area contributed by atoms with Crippen LogP contribution >= 0.6 is 0 Å². The zero-order valence-corrected chi connectivity index (χ0v) is 12.1. The molecule has 3 nitrogen and oxygen atoms in total. The molecule has 0 aliphatic carbocycles. The van der Waals surface area contributed by atoms with E-state index in [9.17, 15) is 0 Å². The maximum absolute atomic E-state index is 6.19. The molecule has 0 radical (unpaired) electrons. The summed E-state index contributed by atoms with van der Waals surface area (Å²) in [5.74, 6) is 0. The standard InChI is InChI=1S/C13H24O3Si/c1-5-10-13(16-17(2,3)4)9-12-11(15-10)7-6-8-14-12/h5,10-13H,1,6-9H2,2-4H3/t10-,11+,12+,13-/m1/s1. The average Bonchev–Trinajstić information content (AvgIpc) is 2.26. The van der Waals surface area contributed by atoms with Gasteiger partial charge in [-0.3, -0.25) is 0 Å². The Morgan fingerprint density at radius 1 is 1.29 bits per heavy atom. The first-order valence-corrected chi connectivity index (χ1v) is 9.98. The minimum atomic E-state index is -1.54. The lowest BCUT2D eigenvalue weighted by atomic mass is 9.94. The minimum Gasteiger partial charge on any atom is -0.412 e. The van der Waals surface area contributed by atoms with Gasteiger partial charge in [0, 0.05) is 13.0 Å². The number of hydrogen-bond acceptors (Lipinski definition) is 3. The molecule has 2 saturated heterocycles. The molecule has 0 unspecified atom stereocenters. The Kier molecular flexibility index (Phi) is 4.08. The van der Waals surface area contributed by atoms with Crippen molar-refractivity contribution in [2.45, 2.75) is 63.3 Å². The largest absolute Gasteiger partial charge is 0.412 e. The van der Waals surface area contributed by atoms with E-state index in [1.807, 2.05) is 6.08 Å². The van der Waals surface area contributed by atoms with Crippen LogP contribution in [0.5, 0.6) is 0 Å². The first kappa shape index (κ1) is 13.3. The monoisotopic (exact) mass is 256 g/mol. The van der Waals surface area contributed by atoms with Crippen LogP contribution in [0, 0.1) is 0 Å². The second-order valence-electron chi connectivity index (χ2n) is 5.93. The van der Waals surface area contributed by atoms with Crippen molar-refractivity contribution in [3.05, 3.63) is 12.7 Å². The molecule has 2 heterocycles. The Balaban J connectivity index is 2.02. The molecule has 0 amide bonds. The van der Waals surface area contributed by atoms with Crippen LogP contribution in [0.4, 0.5) is 0 Å². The predicted molar refractivity (Wildman–Crippen MR) is 70.7 cm³/mol. The van der Waals surface area contributed by atoms with Crippen molar-refractivity contribution in [2.75, 3.05) is 6.61 Å². The van der Waals surface area contributed by atoms with Gasteiger partial charge >= 0.3 is 0 Å². The molecule has 0 aromatic heterocycles. The Hall–Kier alpha value is -0.163. The van der Waals surface area contributed by atoms with Gasteiger partial charge in [-0.15, -0.1) is 6.58 Å². The Morgan fingerprint density at radius 2 is 2.06 bits per heavy atom. The fraction of sp³-hybridized carbons (Fsp3) is 0.846. The first-order valence-electron chi connectivity index (χ1n) is 6.57. The van der Waals surface area contributed by atoms with Crippen LogP contribution < -0.4 is 0 Å². The SMILES string of the molecule is C=C[C@H]1O[C@H]2CCCO[C@H]2C[C@H]1O[Si](C)(C)C. The van der Waals surface area contributed by atoms with E-state index in [2.05, 4.69) is 26.2 Å². The van der Waals surface area contributed by atoms with Crippen LogP contribution in [-0.4, -0.2) is 39.3 Å². The van der Waals surface area contributed by atoms with Gasteiger partial charge in [0.1, 0.15) is 6.10 Å². The number of fused-ring (bicyclic) bond motifs is 1. The van der Waals surface area contributed by atoms with E-state index in [4.69, 9.17) is 13.9 Å². The molecule has 0 bridgehead atoms. The predicted octanol–water partition coefficient (Wildman–Crippen LogP) is 2.73. The molecule has 0 N–H and O–H groups in total. The van der Waals surface area contributed by atoms with Gasteiger partial charge in [-0.05, 0) is 32.5 Å². The summed E-state index contributed by atoms with van der Waals surface area (Å²) in [6.07, 6.45) is 5.67. The van der Waals surface area contributed by atoms with Gasteiger partial charge in [-0.2, -0.15) is 0 Å². The maximum Gasteiger partial charge on any atom is 0.184 e. The van der Waals surface area contributed by atoms with Crippen LogP contribution in [0.2, 0.25) is 19.6 Å². The highest BCUT2D eigenvalue weighted by atomic mass is 28.4. The van der Waals surface area contributed by atoms with Gasteiger partial charge in [0.25, 0.3) is 0 Å². The number of ether oxygens (including phenoxy) is 2. The summed E-state index contributed by atoms with van der Waals surface area (Å²) in [7, 11) is -1.54. The van der Waals surface area contributed by atoms with Crippen molar-refractivity contribution in [2.24, 2.45) is 0 Å². The molecule has 4 heteroatoms. The zero-order chi connectivity index (χ0) is 12.5.